The summed E-state index contributed by atoms with van der Waals surface area (Å²) in [7, 11) is 0. The van der Waals surface area contributed by atoms with Gasteiger partial charge in [0.15, 0.2) is 12.2 Å². The van der Waals surface area contributed by atoms with Crippen LogP contribution in [0.3, 0.4) is 0 Å². The number of carbonyl (C=O) groups excluding carboxylic acids is 3. The van der Waals surface area contributed by atoms with Gasteiger partial charge in [-0.3, -0.25) is 4.79 Å². The van der Waals surface area contributed by atoms with E-state index in [0.717, 1.165) is 63.0 Å². The van der Waals surface area contributed by atoms with Gasteiger partial charge >= 0.3 is 30.5 Å². The number of rotatable bonds is 8. The number of aliphatic carboxylic acids is 1. The second kappa shape index (κ2) is 24.3. The van der Waals surface area contributed by atoms with Crippen molar-refractivity contribution in [2.24, 2.45) is 11.8 Å². The largest absolute Gasteiger partial charge is 0.493 e. The zero-order chi connectivity index (χ0) is 49.6. The summed E-state index contributed by atoms with van der Waals surface area (Å²) in [5.74, 6) is 0.107. The van der Waals surface area contributed by atoms with Crippen LogP contribution in [-0.4, -0.2) is 146 Å². The molecule has 6 rings (SSSR count). The molecule has 0 bridgehead atoms. The van der Waals surface area contributed by atoms with Crippen LogP contribution in [0.15, 0.2) is 48.5 Å². The summed E-state index contributed by atoms with van der Waals surface area (Å²) in [6.07, 6.45) is -7.48. The molecule has 15 nitrogen and oxygen atoms in total. The number of morpholine rings is 2. The predicted molar refractivity (Wildman–Crippen MR) is 232 cm³/mol. The fourth-order valence-corrected chi connectivity index (χ4v) is 7.16. The Morgan fingerprint density at radius 2 is 1.07 bits per heavy atom. The van der Waals surface area contributed by atoms with E-state index in [9.17, 15) is 45.5 Å². The van der Waals surface area contributed by atoms with Crippen LogP contribution < -0.4 is 14.8 Å². The van der Waals surface area contributed by atoms with Crippen molar-refractivity contribution in [3.05, 3.63) is 59.7 Å². The molecule has 21 heteroatoms. The van der Waals surface area contributed by atoms with Gasteiger partial charge in [0.1, 0.15) is 22.7 Å². The lowest BCUT2D eigenvalue weighted by atomic mass is 9.98. The van der Waals surface area contributed by atoms with Gasteiger partial charge in [-0.25, -0.2) is 14.4 Å². The molecular weight excluding hydrogens is 899 g/mol. The Kier molecular flexibility index (Phi) is 19.8. The number of piperidine rings is 2. The zero-order valence-electron chi connectivity index (χ0n) is 38.9. The molecule has 4 aliphatic rings. The lowest BCUT2D eigenvalue weighted by molar-refractivity contribution is -0.155. The number of hydrogen-bond acceptors (Lipinski definition) is 11. The number of hydrogen-bond donors (Lipinski definition) is 2. The Labute approximate surface area is 387 Å². The van der Waals surface area contributed by atoms with Crippen LogP contribution in [0.4, 0.5) is 35.9 Å². The van der Waals surface area contributed by atoms with Crippen molar-refractivity contribution < 1.29 is 79.0 Å². The van der Waals surface area contributed by atoms with Crippen LogP contribution >= 0.6 is 0 Å². The van der Waals surface area contributed by atoms with Gasteiger partial charge < -0.3 is 53.5 Å². The third kappa shape index (κ3) is 19.2. The van der Waals surface area contributed by atoms with Crippen LogP contribution in [0.1, 0.15) is 78.4 Å². The second-order valence-corrected chi connectivity index (χ2v) is 18.6. The first-order chi connectivity index (χ1) is 31.3. The zero-order valence-corrected chi connectivity index (χ0v) is 38.9. The molecule has 67 heavy (non-hydrogen) atoms. The molecule has 4 heterocycles. The Hall–Kier alpha value is -5.02. The Morgan fingerprint density at radius 3 is 1.51 bits per heavy atom. The van der Waals surface area contributed by atoms with E-state index in [0.29, 0.717) is 56.8 Å². The standard InChI is InChI=1S/C23H31F3N2O5.C13H16F3NO.C10H17NO5/c1-22(2,3)33-21(30)28-11-12-31-19(14-28)20(29)27-10-4-5-16(13-27)15-32-18-8-6-17(7-9-18)23(24,25)26;14-13(15,16)11-3-5-12(6-4-11)18-9-10-2-1-7-17-8-10;1-10(2,3)16-9(14)11-4-5-15-7(6-11)8(12)13/h6-9,16,19H,4-5,10-15H2,1-3H3;3-6,10,17H,1-2,7-9H2;7H,4-6H2,1-3H3,(H,12,13). The molecule has 0 spiro atoms. The van der Waals surface area contributed by atoms with Crippen molar-refractivity contribution in [3.63, 3.8) is 0 Å². The first-order valence-corrected chi connectivity index (χ1v) is 22.3. The number of halogens is 6. The smallest absolute Gasteiger partial charge is 0.416 e. The number of alkyl halides is 6. The predicted octanol–water partition coefficient (Wildman–Crippen LogP) is 7.75. The minimum atomic E-state index is -4.39. The molecule has 3 amide bonds. The number of nitrogens with one attached hydrogen (secondary N) is 1. The van der Waals surface area contributed by atoms with Gasteiger partial charge in [-0.2, -0.15) is 26.3 Å². The van der Waals surface area contributed by atoms with E-state index in [1.54, 1.807) is 46.4 Å². The van der Waals surface area contributed by atoms with Gasteiger partial charge in [0.05, 0.1) is 50.6 Å². The molecule has 376 valence electrons. The normalized spacial score (nSPS) is 21.6. The molecule has 4 saturated heterocycles. The van der Waals surface area contributed by atoms with Gasteiger partial charge in [-0.05, 0) is 122 Å². The molecule has 4 aliphatic heterocycles. The third-order valence-electron chi connectivity index (χ3n) is 10.6. The van der Waals surface area contributed by atoms with Crippen molar-refractivity contribution >= 4 is 24.1 Å². The Balaban J connectivity index is 0.000000242. The van der Waals surface area contributed by atoms with E-state index in [1.807, 2.05) is 0 Å². The van der Waals surface area contributed by atoms with Crippen LogP contribution in [-0.2, 0) is 40.9 Å². The van der Waals surface area contributed by atoms with Gasteiger partial charge in [0.25, 0.3) is 5.91 Å². The lowest BCUT2D eigenvalue weighted by Crippen LogP contribution is -2.55. The summed E-state index contributed by atoms with van der Waals surface area (Å²) >= 11 is 0. The average molecular weight is 963 g/mol. The van der Waals surface area contributed by atoms with Gasteiger partial charge in [-0.1, -0.05) is 0 Å². The number of likely N-dealkylation sites (tertiary alicyclic amines) is 1. The Bertz CT molecular complexity index is 1880. The summed E-state index contributed by atoms with van der Waals surface area (Å²) in [6.45, 7) is 15.9. The van der Waals surface area contributed by atoms with E-state index in [4.69, 9.17) is 33.5 Å². The molecule has 0 radical (unpaired) electrons. The summed E-state index contributed by atoms with van der Waals surface area (Å²) < 4.78 is 107. The fourth-order valence-electron chi connectivity index (χ4n) is 7.16. The van der Waals surface area contributed by atoms with Crippen molar-refractivity contribution in [1.82, 2.24) is 20.0 Å². The molecule has 2 aromatic carbocycles. The summed E-state index contributed by atoms with van der Waals surface area (Å²) in [6, 6.07) is 9.43. The minimum Gasteiger partial charge on any atom is -0.493 e. The molecule has 2 aromatic rings. The van der Waals surface area contributed by atoms with E-state index < -0.39 is 65.0 Å². The number of carboxylic acids is 1. The maximum absolute atomic E-state index is 13.0. The average Bonchev–Trinajstić information content (AvgIpc) is 3.27. The van der Waals surface area contributed by atoms with Gasteiger partial charge in [-0.15, -0.1) is 0 Å². The maximum Gasteiger partial charge on any atom is 0.416 e. The number of ether oxygens (including phenoxy) is 6. The first-order valence-electron chi connectivity index (χ1n) is 22.3. The van der Waals surface area contributed by atoms with Crippen molar-refractivity contribution in [1.29, 1.82) is 0 Å². The maximum atomic E-state index is 13.0. The van der Waals surface area contributed by atoms with Crippen molar-refractivity contribution in [3.8, 4) is 11.5 Å². The van der Waals surface area contributed by atoms with Crippen LogP contribution in [0.2, 0.25) is 0 Å². The highest BCUT2D eigenvalue weighted by Gasteiger charge is 2.37. The van der Waals surface area contributed by atoms with E-state index in [2.05, 4.69) is 5.32 Å². The summed E-state index contributed by atoms with van der Waals surface area (Å²) in [5, 5.41) is 12.0. The van der Waals surface area contributed by atoms with Gasteiger partial charge in [0, 0.05) is 44.6 Å². The van der Waals surface area contributed by atoms with Gasteiger partial charge in [0.2, 0.25) is 0 Å². The highest BCUT2D eigenvalue weighted by molar-refractivity contribution is 5.82. The van der Waals surface area contributed by atoms with Crippen LogP contribution in [0.5, 0.6) is 11.5 Å². The number of amides is 3. The number of benzene rings is 2. The molecule has 0 aliphatic carbocycles. The topological polar surface area (TPSA) is 166 Å². The van der Waals surface area contributed by atoms with E-state index in [-0.39, 0.29) is 38.1 Å². The SMILES string of the molecule is CC(C)(C)OC(=O)N1CCOC(C(=O)N2CCCC(COc3ccc(C(F)(F)F)cc3)C2)C1.CC(C)(C)OC(=O)N1CCOC(C(=O)O)C1.FC(F)(F)c1ccc(OCC2CCCNC2)cc1. The molecule has 4 unspecified atom stereocenters. The molecule has 2 N–H and O–H groups in total. The quantitative estimate of drug-likeness (QED) is 0.248. The van der Waals surface area contributed by atoms with Crippen LogP contribution in [0.25, 0.3) is 0 Å². The molecule has 4 atom stereocenters. The van der Waals surface area contributed by atoms with Crippen LogP contribution in [0, 0.1) is 11.8 Å². The second-order valence-electron chi connectivity index (χ2n) is 18.6. The van der Waals surface area contributed by atoms with Crippen molar-refractivity contribution in [2.45, 2.75) is 103 Å². The summed E-state index contributed by atoms with van der Waals surface area (Å²) in [4.78, 5) is 52.3. The molecule has 0 aromatic heterocycles. The number of carbonyl (C=O) groups is 4. The lowest BCUT2D eigenvalue weighted by Gasteiger charge is -2.38. The van der Waals surface area contributed by atoms with E-state index in [1.165, 1.54) is 34.1 Å². The third-order valence-corrected chi connectivity index (χ3v) is 10.6. The fraction of sp³-hybridized carbons (Fsp3) is 0.652. The highest BCUT2D eigenvalue weighted by atomic mass is 19.4. The molecule has 4 fully saturated rings. The number of carboxylic acid groups (broad SMARTS) is 1. The summed E-state index contributed by atoms with van der Waals surface area (Å²) in [5.41, 5.74) is -2.57. The highest BCUT2D eigenvalue weighted by Crippen LogP contribution is 2.32. The first kappa shape index (κ1) is 54.6. The van der Waals surface area contributed by atoms with E-state index >= 15 is 0 Å². The number of nitrogens with zero attached hydrogens (tertiary/aromatic N) is 3. The van der Waals surface area contributed by atoms with Crippen molar-refractivity contribution in [2.75, 3.05) is 78.8 Å². The molecule has 0 saturated carbocycles. The Morgan fingerprint density at radius 1 is 0.627 bits per heavy atom. The minimum absolute atomic E-state index is 0.0320. The molecular formula is C46H64F6N4O11. The monoisotopic (exact) mass is 962 g/mol.